The van der Waals surface area contributed by atoms with Crippen LogP contribution >= 0.6 is 27.5 Å². The molecule has 96 valence electrons. The Bertz CT molecular complexity index is 581. The monoisotopic (exact) mass is 328 g/mol. The van der Waals surface area contributed by atoms with Gasteiger partial charge in [0.25, 0.3) is 0 Å². The second kappa shape index (κ2) is 5.33. The van der Waals surface area contributed by atoms with Crippen LogP contribution in [0.4, 0.5) is 0 Å². The van der Waals surface area contributed by atoms with Crippen LogP contribution in [-0.2, 0) is 12.9 Å². The molecular formula is C13H14BrClN2O. The smallest absolute Gasteiger partial charge is 0.171 e. The molecule has 0 atom stereocenters. The fraction of sp³-hybridized carbons (Fsp3) is 0.308. The summed E-state index contributed by atoms with van der Waals surface area (Å²) in [6, 6.07) is 5.78. The maximum absolute atomic E-state index is 5.88. The van der Waals surface area contributed by atoms with Gasteiger partial charge in [0.05, 0.1) is 5.69 Å². The Morgan fingerprint density at radius 1 is 1.39 bits per heavy atom. The first-order valence-electron chi connectivity index (χ1n) is 5.55. The Labute approximate surface area is 120 Å². The minimum Gasteiger partial charge on any atom is -0.453 e. The van der Waals surface area contributed by atoms with Crippen molar-refractivity contribution in [2.24, 2.45) is 7.05 Å². The van der Waals surface area contributed by atoms with Crippen LogP contribution in [0.1, 0.15) is 17.0 Å². The van der Waals surface area contributed by atoms with E-state index in [2.05, 4.69) is 21.0 Å². The molecule has 0 aliphatic carbocycles. The van der Waals surface area contributed by atoms with Crippen LogP contribution in [0.15, 0.2) is 22.7 Å². The number of aromatic nitrogens is 2. The van der Waals surface area contributed by atoms with E-state index in [0.29, 0.717) is 5.88 Å². The van der Waals surface area contributed by atoms with E-state index in [9.17, 15) is 0 Å². The standard InChI is InChI=1S/C13H14BrClN2O/c1-8-13(9(2)17(3)16-8)18-11-5-4-10(7-15)12(14)6-11/h4-6H,7H2,1-3H3. The molecule has 0 fully saturated rings. The van der Waals surface area contributed by atoms with E-state index in [4.69, 9.17) is 16.3 Å². The molecule has 2 rings (SSSR count). The molecule has 2 aromatic rings. The number of hydrogen-bond acceptors (Lipinski definition) is 2. The van der Waals surface area contributed by atoms with Crippen LogP contribution in [0.5, 0.6) is 11.5 Å². The molecule has 0 unspecified atom stereocenters. The molecule has 0 saturated carbocycles. The van der Waals surface area contributed by atoms with Crippen molar-refractivity contribution in [3.63, 3.8) is 0 Å². The highest BCUT2D eigenvalue weighted by molar-refractivity contribution is 9.10. The van der Waals surface area contributed by atoms with Crippen molar-refractivity contribution < 1.29 is 4.74 Å². The zero-order chi connectivity index (χ0) is 13.3. The Morgan fingerprint density at radius 2 is 2.11 bits per heavy atom. The quantitative estimate of drug-likeness (QED) is 0.784. The molecule has 0 bridgehead atoms. The van der Waals surface area contributed by atoms with Gasteiger partial charge in [-0.15, -0.1) is 11.6 Å². The van der Waals surface area contributed by atoms with Crippen molar-refractivity contribution in [3.05, 3.63) is 39.6 Å². The van der Waals surface area contributed by atoms with Crippen LogP contribution in [-0.4, -0.2) is 9.78 Å². The van der Waals surface area contributed by atoms with Gasteiger partial charge in [0.1, 0.15) is 11.4 Å². The number of nitrogens with zero attached hydrogens (tertiary/aromatic N) is 2. The third-order valence-electron chi connectivity index (χ3n) is 2.83. The van der Waals surface area contributed by atoms with Crippen molar-refractivity contribution in [1.29, 1.82) is 0 Å². The van der Waals surface area contributed by atoms with Crippen molar-refractivity contribution in [2.75, 3.05) is 0 Å². The Balaban J connectivity index is 2.31. The lowest BCUT2D eigenvalue weighted by Crippen LogP contribution is -1.93. The molecule has 0 amide bonds. The van der Waals surface area contributed by atoms with Crippen LogP contribution in [0.2, 0.25) is 0 Å². The van der Waals surface area contributed by atoms with Gasteiger partial charge in [-0.1, -0.05) is 22.0 Å². The van der Waals surface area contributed by atoms with Crippen LogP contribution in [0, 0.1) is 13.8 Å². The molecule has 1 aromatic heterocycles. The second-order valence-electron chi connectivity index (χ2n) is 4.11. The lowest BCUT2D eigenvalue weighted by atomic mass is 10.2. The highest BCUT2D eigenvalue weighted by Crippen LogP contribution is 2.31. The first kappa shape index (κ1) is 13.4. The zero-order valence-electron chi connectivity index (χ0n) is 10.5. The highest BCUT2D eigenvalue weighted by Gasteiger charge is 2.12. The highest BCUT2D eigenvalue weighted by atomic mass is 79.9. The number of aryl methyl sites for hydroxylation is 2. The van der Waals surface area contributed by atoms with Gasteiger partial charge in [-0.25, -0.2) is 0 Å². The van der Waals surface area contributed by atoms with E-state index in [1.54, 1.807) is 0 Å². The normalized spacial score (nSPS) is 10.7. The molecule has 0 saturated heterocycles. The number of rotatable bonds is 3. The summed E-state index contributed by atoms with van der Waals surface area (Å²) in [5, 5.41) is 4.32. The number of halogens is 2. The van der Waals surface area contributed by atoms with Crippen molar-refractivity contribution in [1.82, 2.24) is 9.78 Å². The van der Waals surface area contributed by atoms with Gasteiger partial charge >= 0.3 is 0 Å². The largest absolute Gasteiger partial charge is 0.453 e. The Morgan fingerprint density at radius 3 is 2.61 bits per heavy atom. The Hall–Kier alpha value is -1.000. The van der Waals surface area contributed by atoms with Crippen molar-refractivity contribution in [2.45, 2.75) is 19.7 Å². The summed E-state index contributed by atoms with van der Waals surface area (Å²) in [7, 11) is 1.90. The summed E-state index contributed by atoms with van der Waals surface area (Å²) < 4.78 is 8.65. The van der Waals surface area contributed by atoms with E-state index in [-0.39, 0.29) is 0 Å². The van der Waals surface area contributed by atoms with Crippen LogP contribution in [0.3, 0.4) is 0 Å². The SMILES string of the molecule is Cc1nn(C)c(C)c1Oc1ccc(CCl)c(Br)c1. The molecule has 0 spiro atoms. The summed E-state index contributed by atoms with van der Waals surface area (Å²) >= 11 is 9.29. The summed E-state index contributed by atoms with van der Waals surface area (Å²) in [5.41, 5.74) is 2.93. The van der Waals surface area contributed by atoms with E-state index in [0.717, 1.165) is 32.9 Å². The molecule has 1 aromatic carbocycles. The zero-order valence-corrected chi connectivity index (χ0v) is 12.8. The van der Waals surface area contributed by atoms with Crippen LogP contribution in [0.25, 0.3) is 0 Å². The topological polar surface area (TPSA) is 27.1 Å². The summed E-state index contributed by atoms with van der Waals surface area (Å²) in [5.74, 6) is 2.06. The van der Waals surface area contributed by atoms with Gasteiger partial charge in [-0.05, 0) is 31.5 Å². The van der Waals surface area contributed by atoms with Crippen molar-refractivity contribution in [3.8, 4) is 11.5 Å². The van der Waals surface area contributed by atoms with E-state index in [1.807, 2.05) is 43.8 Å². The predicted molar refractivity (Wildman–Crippen MR) is 76.5 cm³/mol. The van der Waals surface area contributed by atoms with Gasteiger partial charge < -0.3 is 4.74 Å². The average molecular weight is 330 g/mol. The van der Waals surface area contributed by atoms with E-state index in [1.165, 1.54) is 0 Å². The van der Waals surface area contributed by atoms with E-state index < -0.39 is 0 Å². The first-order valence-corrected chi connectivity index (χ1v) is 6.88. The molecule has 5 heteroatoms. The fourth-order valence-corrected chi connectivity index (χ4v) is 2.61. The predicted octanol–water partition coefficient (Wildman–Crippen LogP) is 4.33. The van der Waals surface area contributed by atoms with Gasteiger partial charge in [0, 0.05) is 17.4 Å². The maximum atomic E-state index is 5.88. The molecule has 0 radical (unpaired) electrons. The lowest BCUT2D eigenvalue weighted by molar-refractivity contribution is 0.473. The minimum absolute atomic E-state index is 0.478. The van der Waals surface area contributed by atoms with Gasteiger partial charge in [0.2, 0.25) is 0 Å². The number of ether oxygens (including phenoxy) is 1. The Kier molecular flexibility index (Phi) is 3.97. The number of alkyl halides is 1. The first-order chi connectivity index (χ1) is 8.52. The average Bonchev–Trinajstić information content (AvgIpc) is 2.56. The molecular weight excluding hydrogens is 316 g/mol. The van der Waals surface area contributed by atoms with Gasteiger partial charge in [-0.3, -0.25) is 4.68 Å². The molecule has 0 aliphatic rings. The van der Waals surface area contributed by atoms with Gasteiger partial charge in [-0.2, -0.15) is 5.10 Å². The van der Waals surface area contributed by atoms with Crippen LogP contribution < -0.4 is 4.74 Å². The molecule has 3 nitrogen and oxygen atoms in total. The summed E-state index contributed by atoms with van der Waals surface area (Å²) in [6.07, 6.45) is 0. The maximum Gasteiger partial charge on any atom is 0.171 e. The molecule has 18 heavy (non-hydrogen) atoms. The van der Waals surface area contributed by atoms with Crippen molar-refractivity contribution >= 4 is 27.5 Å². The molecule has 0 N–H and O–H groups in total. The third-order valence-corrected chi connectivity index (χ3v) is 3.86. The molecule has 0 aliphatic heterocycles. The minimum atomic E-state index is 0.478. The number of hydrogen-bond donors (Lipinski definition) is 0. The summed E-state index contributed by atoms with van der Waals surface area (Å²) in [6.45, 7) is 3.92. The summed E-state index contributed by atoms with van der Waals surface area (Å²) in [4.78, 5) is 0. The number of benzene rings is 1. The third kappa shape index (κ3) is 2.54. The second-order valence-corrected chi connectivity index (χ2v) is 5.23. The van der Waals surface area contributed by atoms with Gasteiger partial charge in [0.15, 0.2) is 5.75 Å². The lowest BCUT2D eigenvalue weighted by Gasteiger charge is -2.08. The van der Waals surface area contributed by atoms with E-state index >= 15 is 0 Å². The molecule has 1 heterocycles. The fourth-order valence-electron chi connectivity index (χ4n) is 1.72.